The average Bonchev–Trinajstić information content (AvgIpc) is 2.80. The van der Waals surface area contributed by atoms with Crippen LogP contribution in [0.4, 0.5) is 0 Å². The number of hydrogen-bond donors (Lipinski definition) is 0. The van der Waals surface area contributed by atoms with E-state index in [1.165, 1.54) is 49.8 Å². The molecule has 1 aromatic carbocycles. The molecule has 0 N–H and O–H groups in total. The molecule has 0 saturated carbocycles. The number of benzene rings is 1. The summed E-state index contributed by atoms with van der Waals surface area (Å²) in [7, 11) is 0. The molecule has 2 nitrogen and oxygen atoms in total. The molecule has 3 heteroatoms. The molecule has 3 aliphatic heterocycles. The first-order valence-electron chi connectivity index (χ1n) is 6.98. The van der Waals surface area contributed by atoms with Crippen molar-refractivity contribution in [2.75, 3.05) is 19.6 Å². The van der Waals surface area contributed by atoms with E-state index in [1.54, 1.807) is 0 Å². The van der Waals surface area contributed by atoms with E-state index in [2.05, 4.69) is 29.2 Å². The van der Waals surface area contributed by atoms with E-state index < -0.39 is 0 Å². The highest BCUT2D eigenvalue weighted by molar-refractivity contribution is 5.85. The van der Waals surface area contributed by atoms with Crippen LogP contribution in [0.3, 0.4) is 0 Å². The van der Waals surface area contributed by atoms with Crippen LogP contribution in [0.15, 0.2) is 28.7 Å². The van der Waals surface area contributed by atoms with Crippen molar-refractivity contribution in [3.05, 3.63) is 35.6 Å². The largest absolute Gasteiger partial charge is 0.461 e. The minimum Gasteiger partial charge on any atom is -0.461 e. The third-order valence-electron chi connectivity index (χ3n) is 4.97. The zero-order valence-corrected chi connectivity index (χ0v) is 12.1. The number of halogens is 1. The minimum atomic E-state index is 0. The lowest BCUT2D eigenvalue weighted by molar-refractivity contribution is 0.0818. The summed E-state index contributed by atoms with van der Waals surface area (Å²) in [4.78, 5) is 2.60. The van der Waals surface area contributed by atoms with Crippen LogP contribution in [-0.4, -0.2) is 24.5 Å². The van der Waals surface area contributed by atoms with Gasteiger partial charge in [0.15, 0.2) is 0 Å². The molecule has 0 aliphatic carbocycles. The van der Waals surface area contributed by atoms with E-state index in [-0.39, 0.29) is 12.4 Å². The van der Waals surface area contributed by atoms with Crippen LogP contribution >= 0.6 is 12.4 Å². The highest BCUT2D eigenvalue weighted by atomic mass is 35.5. The summed E-state index contributed by atoms with van der Waals surface area (Å²) in [5, 5.41) is 1.27. The highest BCUT2D eigenvalue weighted by Gasteiger charge is 2.40. The number of fused-ring (bicyclic) bond motifs is 4. The predicted molar refractivity (Wildman–Crippen MR) is 80.2 cm³/mol. The maximum absolute atomic E-state index is 5.68. The topological polar surface area (TPSA) is 16.4 Å². The summed E-state index contributed by atoms with van der Waals surface area (Å²) in [6, 6.07) is 8.99. The molecule has 2 aromatic rings. The quantitative estimate of drug-likeness (QED) is 0.786. The van der Waals surface area contributed by atoms with Gasteiger partial charge in [0.2, 0.25) is 0 Å². The second kappa shape index (κ2) is 4.53. The van der Waals surface area contributed by atoms with Gasteiger partial charge in [-0.15, -0.1) is 12.4 Å². The summed E-state index contributed by atoms with van der Waals surface area (Å²) < 4.78 is 5.68. The van der Waals surface area contributed by atoms with Crippen LogP contribution in [0.25, 0.3) is 11.0 Å². The summed E-state index contributed by atoms with van der Waals surface area (Å²) >= 11 is 0. The number of nitrogens with zero attached hydrogens (tertiary/aromatic N) is 1. The van der Waals surface area contributed by atoms with Crippen molar-refractivity contribution in [3.63, 3.8) is 0 Å². The number of hydrogen-bond acceptors (Lipinski definition) is 2. The maximum atomic E-state index is 5.68. The predicted octanol–water partition coefficient (Wildman–Crippen LogP) is 3.90. The second-order valence-corrected chi connectivity index (χ2v) is 5.98. The Labute approximate surface area is 120 Å². The van der Waals surface area contributed by atoms with E-state index in [9.17, 15) is 0 Å². The maximum Gasteiger partial charge on any atom is 0.134 e. The molecule has 0 unspecified atom stereocenters. The third-order valence-corrected chi connectivity index (χ3v) is 4.97. The number of piperidine rings is 3. The van der Waals surface area contributed by atoms with Gasteiger partial charge >= 0.3 is 0 Å². The summed E-state index contributed by atoms with van der Waals surface area (Å²) in [5.74, 6) is 1.01. The molecule has 3 saturated heterocycles. The Morgan fingerprint density at radius 2 is 1.74 bits per heavy atom. The summed E-state index contributed by atoms with van der Waals surface area (Å²) in [6.45, 7) is 5.87. The van der Waals surface area contributed by atoms with Crippen molar-refractivity contribution >= 4 is 23.4 Å². The number of aryl methyl sites for hydroxylation is 1. The fourth-order valence-corrected chi connectivity index (χ4v) is 3.77. The third kappa shape index (κ3) is 1.98. The first-order valence-corrected chi connectivity index (χ1v) is 6.98. The van der Waals surface area contributed by atoms with Crippen LogP contribution in [0.1, 0.15) is 30.6 Å². The monoisotopic (exact) mass is 277 g/mol. The Morgan fingerprint density at radius 1 is 1.05 bits per heavy atom. The Bertz CT molecular complexity index is 582. The standard InChI is InChI=1S/C16H19NO.ClH/c1-12-10-13-11-14(2-3-15(13)18-12)16-4-7-17(8-5-16)9-6-16;/h2-3,10-11H,4-9H2,1H3;1H. The zero-order valence-electron chi connectivity index (χ0n) is 11.3. The molecule has 3 aliphatic rings. The minimum absolute atomic E-state index is 0. The molecular weight excluding hydrogens is 258 g/mol. The average molecular weight is 278 g/mol. The zero-order chi connectivity index (χ0) is 12.2. The van der Waals surface area contributed by atoms with Crippen molar-refractivity contribution in [2.45, 2.75) is 31.6 Å². The molecule has 5 rings (SSSR count). The Balaban J connectivity index is 0.00000110. The Kier molecular flexibility index (Phi) is 3.11. The Morgan fingerprint density at radius 3 is 2.42 bits per heavy atom. The smallest absolute Gasteiger partial charge is 0.134 e. The lowest BCUT2D eigenvalue weighted by Gasteiger charge is -2.48. The van der Waals surface area contributed by atoms with Gasteiger partial charge in [-0.25, -0.2) is 0 Å². The summed E-state index contributed by atoms with van der Waals surface area (Å²) in [5.41, 5.74) is 3.02. The molecule has 4 heterocycles. The van der Waals surface area contributed by atoms with Crippen molar-refractivity contribution in [1.82, 2.24) is 4.90 Å². The molecule has 2 bridgehead atoms. The van der Waals surface area contributed by atoms with Gasteiger partial charge in [-0.1, -0.05) is 6.07 Å². The van der Waals surface area contributed by atoms with Crippen molar-refractivity contribution in [1.29, 1.82) is 0 Å². The van der Waals surface area contributed by atoms with Crippen molar-refractivity contribution in [2.24, 2.45) is 0 Å². The second-order valence-electron chi connectivity index (χ2n) is 5.98. The van der Waals surface area contributed by atoms with Crippen LogP contribution in [0.2, 0.25) is 0 Å². The molecule has 102 valence electrons. The van der Waals surface area contributed by atoms with Crippen LogP contribution < -0.4 is 0 Å². The van der Waals surface area contributed by atoms with E-state index in [0.29, 0.717) is 5.41 Å². The molecule has 1 aromatic heterocycles. The van der Waals surface area contributed by atoms with Gasteiger partial charge in [0.1, 0.15) is 11.3 Å². The molecule has 0 amide bonds. The number of rotatable bonds is 1. The van der Waals surface area contributed by atoms with Gasteiger partial charge in [0.05, 0.1) is 0 Å². The summed E-state index contributed by atoms with van der Waals surface area (Å²) in [6.07, 6.45) is 3.99. The SMILES string of the molecule is Cc1cc2cc(C34CCN(CC3)CC4)ccc2o1.Cl. The van der Waals surface area contributed by atoms with Crippen LogP contribution in [-0.2, 0) is 5.41 Å². The van der Waals surface area contributed by atoms with E-state index in [0.717, 1.165) is 11.3 Å². The first-order chi connectivity index (χ1) is 8.75. The molecular formula is C16H20ClNO. The first kappa shape index (κ1) is 13.0. The number of furan rings is 1. The van der Waals surface area contributed by atoms with Crippen LogP contribution in [0.5, 0.6) is 0 Å². The van der Waals surface area contributed by atoms with Gasteiger partial charge < -0.3 is 9.32 Å². The molecule has 0 spiro atoms. The van der Waals surface area contributed by atoms with Gasteiger partial charge in [-0.2, -0.15) is 0 Å². The molecule has 0 atom stereocenters. The highest BCUT2D eigenvalue weighted by Crippen LogP contribution is 2.43. The molecule has 19 heavy (non-hydrogen) atoms. The van der Waals surface area contributed by atoms with Gasteiger partial charge in [0.25, 0.3) is 0 Å². The van der Waals surface area contributed by atoms with Gasteiger partial charge in [-0.3, -0.25) is 0 Å². The lowest BCUT2D eigenvalue weighted by Crippen LogP contribution is -2.50. The van der Waals surface area contributed by atoms with Gasteiger partial charge in [0, 0.05) is 5.39 Å². The lowest BCUT2D eigenvalue weighted by atomic mass is 9.67. The van der Waals surface area contributed by atoms with Gasteiger partial charge in [-0.05, 0) is 75.0 Å². The van der Waals surface area contributed by atoms with Crippen molar-refractivity contribution < 1.29 is 4.42 Å². The van der Waals surface area contributed by atoms with E-state index in [4.69, 9.17) is 4.42 Å². The molecule has 3 fully saturated rings. The molecule has 0 radical (unpaired) electrons. The fourth-order valence-electron chi connectivity index (χ4n) is 3.77. The van der Waals surface area contributed by atoms with E-state index >= 15 is 0 Å². The Hall–Kier alpha value is -0.990. The van der Waals surface area contributed by atoms with Crippen molar-refractivity contribution in [3.8, 4) is 0 Å². The normalized spacial score (nSPS) is 29.4. The van der Waals surface area contributed by atoms with E-state index in [1.807, 2.05) is 6.92 Å². The fraction of sp³-hybridized carbons (Fsp3) is 0.500. The van der Waals surface area contributed by atoms with Crippen LogP contribution in [0, 0.1) is 6.92 Å².